The Morgan fingerprint density at radius 3 is 2.72 bits per heavy atom. The van der Waals surface area contributed by atoms with Gasteiger partial charge in [-0.25, -0.2) is 0 Å². The molecule has 1 heterocycles. The van der Waals surface area contributed by atoms with Crippen LogP contribution in [0, 0.1) is 24.0 Å². The number of aromatic nitrogens is 1. The fraction of sp³-hybridized carbons (Fsp3) is 0.111. The highest BCUT2D eigenvalue weighted by Gasteiger charge is 2.14. The third kappa shape index (κ3) is 3.36. The molecule has 1 aromatic heterocycles. The smallest absolute Gasteiger partial charge is 0.271 e. The normalized spacial score (nSPS) is 11.3. The summed E-state index contributed by atoms with van der Waals surface area (Å²) in [6, 6.07) is 10.2. The lowest BCUT2D eigenvalue weighted by molar-refractivity contribution is -0.385. The maximum atomic E-state index is 11.0. The van der Waals surface area contributed by atoms with Gasteiger partial charge in [0.15, 0.2) is 0 Å². The summed E-state index contributed by atoms with van der Waals surface area (Å²) in [5, 5.41) is 22.0. The number of nitro groups is 1. The fourth-order valence-electron chi connectivity index (χ4n) is 2.51. The number of pyridine rings is 1. The zero-order valence-electron chi connectivity index (χ0n) is 13.5. The van der Waals surface area contributed by atoms with Crippen LogP contribution in [0.1, 0.15) is 16.8 Å². The number of hydrogen-bond acceptors (Lipinski definition) is 5. The highest BCUT2D eigenvalue weighted by Crippen LogP contribution is 2.33. The standard InChI is InChI=1S/C18H14BrN3O3/c1-10-3-6-16-14(5-4-11(2)21-16)17(10)20-9-12-7-13(22(24)25)8-15(19)18(12)23/h3-9,23H,1-2H3. The van der Waals surface area contributed by atoms with Crippen LogP contribution in [0.15, 0.2) is 45.9 Å². The number of hydrogen-bond donors (Lipinski definition) is 1. The van der Waals surface area contributed by atoms with Crippen LogP contribution in [0.3, 0.4) is 0 Å². The van der Waals surface area contributed by atoms with Crippen molar-refractivity contribution in [3.63, 3.8) is 0 Å². The summed E-state index contributed by atoms with van der Waals surface area (Å²) in [7, 11) is 0. The summed E-state index contributed by atoms with van der Waals surface area (Å²) in [6.07, 6.45) is 1.43. The molecule has 0 bridgehead atoms. The van der Waals surface area contributed by atoms with Crippen molar-refractivity contribution in [2.45, 2.75) is 13.8 Å². The topological polar surface area (TPSA) is 88.6 Å². The molecule has 2 aromatic carbocycles. The third-order valence-corrected chi connectivity index (χ3v) is 4.41. The van der Waals surface area contributed by atoms with Crippen LogP contribution < -0.4 is 0 Å². The number of rotatable bonds is 3. The molecule has 0 aliphatic carbocycles. The number of nitro benzene ring substituents is 1. The van der Waals surface area contributed by atoms with Gasteiger partial charge < -0.3 is 5.11 Å². The van der Waals surface area contributed by atoms with E-state index < -0.39 is 4.92 Å². The summed E-state index contributed by atoms with van der Waals surface area (Å²) in [6.45, 7) is 3.84. The highest BCUT2D eigenvalue weighted by molar-refractivity contribution is 9.10. The number of fused-ring (bicyclic) bond motifs is 1. The lowest BCUT2D eigenvalue weighted by atomic mass is 10.1. The van der Waals surface area contributed by atoms with Gasteiger partial charge in [-0.3, -0.25) is 20.1 Å². The van der Waals surface area contributed by atoms with Gasteiger partial charge in [-0.05, 0) is 53.5 Å². The van der Waals surface area contributed by atoms with E-state index in [4.69, 9.17) is 0 Å². The second kappa shape index (κ2) is 6.60. The van der Waals surface area contributed by atoms with Crippen LogP contribution >= 0.6 is 15.9 Å². The first-order chi connectivity index (χ1) is 11.9. The minimum Gasteiger partial charge on any atom is -0.506 e. The van der Waals surface area contributed by atoms with Crippen molar-refractivity contribution in [2.75, 3.05) is 0 Å². The zero-order valence-corrected chi connectivity index (χ0v) is 15.1. The minimum atomic E-state index is -0.516. The van der Waals surface area contributed by atoms with Crippen molar-refractivity contribution in [3.8, 4) is 5.75 Å². The largest absolute Gasteiger partial charge is 0.506 e. The van der Waals surface area contributed by atoms with Crippen molar-refractivity contribution < 1.29 is 10.0 Å². The lowest BCUT2D eigenvalue weighted by Crippen LogP contribution is -1.92. The molecule has 25 heavy (non-hydrogen) atoms. The Hall–Kier alpha value is -2.80. The molecule has 0 unspecified atom stereocenters. The molecule has 1 N–H and O–H groups in total. The number of halogens is 1. The molecule has 3 rings (SSSR count). The second-order valence-corrected chi connectivity index (χ2v) is 6.49. The van der Waals surface area contributed by atoms with Crippen molar-refractivity contribution in [1.82, 2.24) is 4.98 Å². The predicted molar refractivity (Wildman–Crippen MR) is 101 cm³/mol. The van der Waals surface area contributed by atoms with Gasteiger partial charge >= 0.3 is 0 Å². The van der Waals surface area contributed by atoms with Crippen molar-refractivity contribution in [2.24, 2.45) is 4.99 Å². The van der Waals surface area contributed by atoms with E-state index >= 15 is 0 Å². The molecule has 0 saturated carbocycles. The van der Waals surface area contributed by atoms with Crippen LogP contribution in [-0.4, -0.2) is 21.2 Å². The summed E-state index contributed by atoms with van der Waals surface area (Å²) in [4.78, 5) is 19.4. The molecule has 0 atom stereocenters. The molecule has 3 aromatic rings. The third-order valence-electron chi connectivity index (χ3n) is 3.81. The number of benzene rings is 2. The van der Waals surface area contributed by atoms with Crippen LogP contribution in [0.4, 0.5) is 11.4 Å². The molecule has 0 radical (unpaired) electrons. The number of aryl methyl sites for hydroxylation is 2. The molecule has 0 aliphatic heterocycles. The lowest BCUT2D eigenvalue weighted by Gasteiger charge is -2.07. The van der Waals surface area contributed by atoms with Crippen LogP contribution in [0.5, 0.6) is 5.75 Å². The van der Waals surface area contributed by atoms with E-state index in [2.05, 4.69) is 25.9 Å². The van der Waals surface area contributed by atoms with E-state index in [9.17, 15) is 15.2 Å². The molecule has 0 fully saturated rings. The van der Waals surface area contributed by atoms with Gasteiger partial charge in [0.2, 0.25) is 0 Å². The summed E-state index contributed by atoms with van der Waals surface area (Å²) in [5.41, 5.74) is 3.52. The molecule has 0 aliphatic rings. The Kier molecular flexibility index (Phi) is 4.50. The van der Waals surface area contributed by atoms with Crippen molar-refractivity contribution >= 4 is 44.4 Å². The molecule has 0 spiro atoms. The van der Waals surface area contributed by atoms with Crippen molar-refractivity contribution in [3.05, 3.63) is 67.8 Å². The maximum Gasteiger partial charge on any atom is 0.271 e. The van der Waals surface area contributed by atoms with E-state index in [1.807, 2.05) is 38.1 Å². The number of aromatic hydroxyl groups is 1. The Labute approximate surface area is 152 Å². The van der Waals surface area contributed by atoms with E-state index in [0.29, 0.717) is 5.69 Å². The van der Waals surface area contributed by atoms with Gasteiger partial charge in [0.05, 0.1) is 20.6 Å². The molecular weight excluding hydrogens is 386 g/mol. The Balaban J connectivity index is 2.13. The van der Waals surface area contributed by atoms with Crippen LogP contribution in [-0.2, 0) is 0 Å². The van der Waals surface area contributed by atoms with E-state index in [0.717, 1.165) is 22.2 Å². The minimum absolute atomic E-state index is 0.0961. The summed E-state index contributed by atoms with van der Waals surface area (Å²) in [5.74, 6) is -0.0961. The van der Waals surface area contributed by atoms with Gasteiger partial charge in [-0.1, -0.05) is 6.07 Å². The first kappa shape index (κ1) is 17.0. The van der Waals surface area contributed by atoms with Gasteiger partial charge in [-0.15, -0.1) is 0 Å². The highest BCUT2D eigenvalue weighted by atomic mass is 79.9. The Bertz CT molecular complexity index is 1030. The van der Waals surface area contributed by atoms with Gasteiger partial charge in [0.25, 0.3) is 5.69 Å². The van der Waals surface area contributed by atoms with E-state index in [1.54, 1.807) is 0 Å². The van der Waals surface area contributed by atoms with E-state index in [1.165, 1.54) is 18.3 Å². The second-order valence-electron chi connectivity index (χ2n) is 5.63. The van der Waals surface area contributed by atoms with Gasteiger partial charge in [-0.2, -0.15) is 0 Å². The fourth-order valence-corrected chi connectivity index (χ4v) is 2.98. The number of phenolic OH excluding ortho intramolecular Hbond substituents is 1. The number of phenols is 1. The molecular formula is C18H14BrN3O3. The van der Waals surface area contributed by atoms with Crippen LogP contribution in [0.2, 0.25) is 0 Å². The van der Waals surface area contributed by atoms with Crippen molar-refractivity contribution in [1.29, 1.82) is 0 Å². The number of aliphatic imine (C=N–C) groups is 1. The first-order valence-corrected chi connectivity index (χ1v) is 8.24. The first-order valence-electron chi connectivity index (χ1n) is 7.45. The number of non-ortho nitro benzene ring substituents is 1. The summed E-state index contributed by atoms with van der Waals surface area (Å²) < 4.78 is 0.245. The maximum absolute atomic E-state index is 11.0. The van der Waals surface area contributed by atoms with Gasteiger partial charge in [0.1, 0.15) is 5.75 Å². The number of nitrogens with zero attached hydrogens (tertiary/aromatic N) is 3. The Morgan fingerprint density at radius 1 is 1.24 bits per heavy atom. The molecule has 6 nitrogen and oxygen atoms in total. The molecule has 7 heteroatoms. The van der Waals surface area contributed by atoms with Crippen LogP contribution in [0.25, 0.3) is 10.9 Å². The average molecular weight is 400 g/mol. The van der Waals surface area contributed by atoms with Gasteiger partial charge in [0, 0.05) is 35.0 Å². The predicted octanol–water partition coefficient (Wildman–Crippen LogP) is 4.98. The Morgan fingerprint density at radius 2 is 2.00 bits per heavy atom. The molecule has 0 saturated heterocycles. The SMILES string of the molecule is Cc1ccc2c(N=Cc3cc([N+](=O)[O-])cc(Br)c3O)c(C)ccc2n1. The molecule has 0 amide bonds. The zero-order chi connectivity index (χ0) is 18.1. The quantitative estimate of drug-likeness (QED) is 0.382. The summed E-state index contributed by atoms with van der Waals surface area (Å²) >= 11 is 3.13. The average Bonchev–Trinajstić information content (AvgIpc) is 2.57. The molecule has 126 valence electrons. The monoisotopic (exact) mass is 399 g/mol. The van der Waals surface area contributed by atoms with E-state index in [-0.39, 0.29) is 21.5 Å².